The molecule has 0 saturated heterocycles. The van der Waals surface area contributed by atoms with Crippen LogP contribution in [0.3, 0.4) is 0 Å². The van der Waals surface area contributed by atoms with Gasteiger partial charge in [0.2, 0.25) is 0 Å². The summed E-state index contributed by atoms with van der Waals surface area (Å²) in [6.07, 6.45) is 0. The summed E-state index contributed by atoms with van der Waals surface area (Å²) in [4.78, 5) is 2.26. The Hall–Kier alpha value is -1.58. The fourth-order valence-corrected chi connectivity index (χ4v) is 2.15. The Morgan fingerprint density at radius 3 is 2.65 bits per heavy atom. The van der Waals surface area contributed by atoms with E-state index in [1.165, 1.54) is 0 Å². The quantitative estimate of drug-likeness (QED) is 0.739. The van der Waals surface area contributed by atoms with Gasteiger partial charge in [0.25, 0.3) is 0 Å². The monoisotopic (exact) mass is 290 g/mol. The molecular weight excluding hydrogens is 272 g/mol. The maximum Gasteiger partial charge on any atom is 0.151 e. The molecule has 20 heavy (non-hydrogen) atoms. The Kier molecular flexibility index (Phi) is 4.99. The predicted molar refractivity (Wildman–Crippen MR) is 82.7 cm³/mol. The van der Waals surface area contributed by atoms with Crippen LogP contribution in [-0.2, 0) is 6.54 Å². The second kappa shape index (κ2) is 6.73. The first-order valence-corrected chi connectivity index (χ1v) is 7.04. The lowest BCUT2D eigenvalue weighted by molar-refractivity contribution is 0.258. The van der Waals surface area contributed by atoms with Gasteiger partial charge in [0.1, 0.15) is 5.69 Å². The average molecular weight is 291 g/mol. The maximum atomic E-state index is 5.88. The molecule has 0 N–H and O–H groups in total. The summed E-state index contributed by atoms with van der Waals surface area (Å²) in [5, 5.41) is 4.83. The van der Waals surface area contributed by atoms with Crippen molar-refractivity contribution in [1.29, 1.82) is 0 Å². The Balaban J connectivity index is 2.08. The lowest BCUT2D eigenvalue weighted by Crippen LogP contribution is -2.24. The number of nitrogens with zero attached hydrogens (tertiary/aromatic N) is 2. The van der Waals surface area contributed by atoms with Crippen molar-refractivity contribution in [3.05, 3.63) is 53.3 Å². The largest absolute Gasteiger partial charge is 0.359 e. The van der Waals surface area contributed by atoms with Gasteiger partial charge in [0, 0.05) is 23.2 Å². The summed E-state index contributed by atoms with van der Waals surface area (Å²) in [5.41, 5.74) is 2.99. The molecule has 0 atom stereocenters. The lowest BCUT2D eigenvalue weighted by atomic mass is 10.1. The van der Waals surface area contributed by atoms with E-state index in [1.54, 1.807) is 0 Å². The third kappa shape index (κ3) is 3.95. The molecule has 4 heteroatoms. The third-order valence-corrected chi connectivity index (χ3v) is 3.27. The fourth-order valence-electron chi connectivity index (χ4n) is 2.03. The minimum atomic E-state index is 0.719. The molecule has 0 unspecified atom stereocenters. The van der Waals surface area contributed by atoms with Gasteiger partial charge < -0.3 is 4.52 Å². The number of likely N-dealkylation sites (N-methyl/N-ethyl adjacent to an activating group) is 1. The van der Waals surface area contributed by atoms with Gasteiger partial charge in [-0.3, -0.25) is 4.90 Å². The summed E-state index contributed by atoms with van der Waals surface area (Å²) in [7, 11) is 0. The first kappa shape index (κ1) is 14.8. The van der Waals surface area contributed by atoms with E-state index in [9.17, 15) is 0 Å². The molecule has 0 aliphatic heterocycles. The molecule has 0 saturated carbocycles. The van der Waals surface area contributed by atoms with Crippen molar-refractivity contribution in [3.63, 3.8) is 0 Å². The van der Waals surface area contributed by atoms with Crippen molar-refractivity contribution in [2.24, 2.45) is 0 Å². The summed E-state index contributed by atoms with van der Waals surface area (Å²) in [5.74, 6) is 0.859. The van der Waals surface area contributed by atoms with E-state index in [1.807, 2.05) is 37.3 Å². The first-order valence-electron chi connectivity index (χ1n) is 6.66. The third-order valence-electron chi connectivity index (χ3n) is 3.02. The molecule has 0 fully saturated rings. The van der Waals surface area contributed by atoms with E-state index in [0.717, 1.165) is 47.2 Å². The SMILES string of the molecule is C=C(C)CN(CC)Cc1cc(-c2ccc(Cl)cc2)no1. The zero-order chi connectivity index (χ0) is 14.5. The van der Waals surface area contributed by atoms with E-state index in [-0.39, 0.29) is 0 Å². The van der Waals surface area contributed by atoms with Crippen LogP contribution in [0.2, 0.25) is 5.02 Å². The van der Waals surface area contributed by atoms with Crippen LogP contribution in [0.1, 0.15) is 19.6 Å². The minimum absolute atomic E-state index is 0.719. The van der Waals surface area contributed by atoms with Crippen LogP contribution in [0, 0.1) is 0 Å². The van der Waals surface area contributed by atoms with Crippen LogP contribution in [0.4, 0.5) is 0 Å². The highest BCUT2D eigenvalue weighted by molar-refractivity contribution is 6.30. The van der Waals surface area contributed by atoms with Crippen molar-refractivity contribution >= 4 is 11.6 Å². The van der Waals surface area contributed by atoms with Gasteiger partial charge in [-0.25, -0.2) is 0 Å². The molecular formula is C16H19ClN2O. The summed E-state index contributed by atoms with van der Waals surface area (Å²) < 4.78 is 5.41. The number of benzene rings is 1. The first-order chi connectivity index (χ1) is 9.58. The number of halogens is 1. The minimum Gasteiger partial charge on any atom is -0.359 e. The number of rotatable bonds is 6. The Labute approximate surface area is 124 Å². The Morgan fingerprint density at radius 2 is 2.05 bits per heavy atom. The highest BCUT2D eigenvalue weighted by Gasteiger charge is 2.10. The van der Waals surface area contributed by atoms with Gasteiger partial charge >= 0.3 is 0 Å². The summed E-state index contributed by atoms with van der Waals surface area (Å²) in [6, 6.07) is 9.56. The van der Waals surface area contributed by atoms with Crippen molar-refractivity contribution in [1.82, 2.24) is 10.1 Å². The highest BCUT2D eigenvalue weighted by atomic mass is 35.5. The smallest absolute Gasteiger partial charge is 0.151 e. The Morgan fingerprint density at radius 1 is 1.35 bits per heavy atom. The van der Waals surface area contributed by atoms with Crippen LogP contribution in [-0.4, -0.2) is 23.1 Å². The molecule has 2 rings (SSSR count). The molecule has 0 amide bonds. The molecule has 0 spiro atoms. The zero-order valence-corrected chi connectivity index (χ0v) is 12.7. The van der Waals surface area contributed by atoms with Crippen molar-refractivity contribution in [3.8, 4) is 11.3 Å². The lowest BCUT2D eigenvalue weighted by Gasteiger charge is -2.18. The van der Waals surface area contributed by atoms with Gasteiger partial charge in [-0.05, 0) is 25.6 Å². The Bertz CT molecular complexity index is 574. The van der Waals surface area contributed by atoms with Gasteiger partial charge in [-0.15, -0.1) is 0 Å². The normalized spacial score (nSPS) is 11.0. The van der Waals surface area contributed by atoms with E-state index in [0.29, 0.717) is 0 Å². The molecule has 1 heterocycles. The standard InChI is InChI=1S/C16H19ClN2O/c1-4-19(10-12(2)3)11-15-9-16(18-20-15)13-5-7-14(17)8-6-13/h5-9H,2,4,10-11H2,1,3H3. The van der Waals surface area contributed by atoms with Crippen LogP contribution in [0.25, 0.3) is 11.3 Å². The van der Waals surface area contributed by atoms with Gasteiger partial charge in [0.15, 0.2) is 5.76 Å². The fraction of sp³-hybridized carbons (Fsp3) is 0.312. The number of hydrogen-bond acceptors (Lipinski definition) is 3. The molecule has 0 bridgehead atoms. The summed E-state index contributed by atoms with van der Waals surface area (Å²) >= 11 is 5.88. The van der Waals surface area contributed by atoms with Crippen molar-refractivity contribution in [2.45, 2.75) is 20.4 Å². The molecule has 1 aromatic heterocycles. The second-order valence-electron chi connectivity index (χ2n) is 4.95. The maximum absolute atomic E-state index is 5.88. The molecule has 0 aliphatic rings. The van der Waals surface area contributed by atoms with Crippen LogP contribution in [0.15, 0.2) is 47.0 Å². The molecule has 0 aliphatic carbocycles. The van der Waals surface area contributed by atoms with E-state index in [2.05, 4.69) is 23.6 Å². The number of hydrogen-bond donors (Lipinski definition) is 0. The van der Waals surface area contributed by atoms with Crippen LogP contribution >= 0.6 is 11.6 Å². The van der Waals surface area contributed by atoms with Gasteiger partial charge in [-0.1, -0.05) is 48.0 Å². The van der Waals surface area contributed by atoms with Gasteiger partial charge in [-0.2, -0.15) is 0 Å². The van der Waals surface area contributed by atoms with Crippen molar-refractivity contribution in [2.75, 3.05) is 13.1 Å². The second-order valence-corrected chi connectivity index (χ2v) is 5.38. The number of aromatic nitrogens is 1. The van der Waals surface area contributed by atoms with E-state index in [4.69, 9.17) is 16.1 Å². The predicted octanol–water partition coefficient (Wildman–Crippen LogP) is 4.39. The van der Waals surface area contributed by atoms with E-state index < -0.39 is 0 Å². The molecule has 0 radical (unpaired) electrons. The summed E-state index contributed by atoms with van der Waals surface area (Å²) in [6.45, 7) is 10.7. The average Bonchev–Trinajstić information content (AvgIpc) is 2.87. The topological polar surface area (TPSA) is 29.3 Å². The van der Waals surface area contributed by atoms with Crippen molar-refractivity contribution < 1.29 is 4.52 Å². The zero-order valence-electron chi connectivity index (χ0n) is 11.9. The highest BCUT2D eigenvalue weighted by Crippen LogP contribution is 2.21. The van der Waals surface area contributed by atoms with E-state index >= 15 is 0 Å². The molecule has 106 valence electrons. The molecule has 2 aromatic rings. The molecule has 3 nitrogen and oxygen atoms in total. The van der Waals surface area contributed by atoms with Crippen LogP contribution < -0.4 is 0 Å². The molecule has 1 aromatic carbocycles. The van der Waals surface area contributed by atoms with Crippen LogP contribution in [0.5, 0.6) is 0 Å². The van der Waals surface area contributed by atoms with Gasteiger partial charge in [0.05, 0.1) is 6.54 Å².